The Morgan fingerprint density at radius 1 is 1.06 bits per heavy atom. The van der Waals surface area contributed by atoms with Crippen LogP contribution < -0.4 is 0 Å². The van der Waals surface area contributed by atoms with Crippen molar-refractivity contribution in [1.82, 2.24) is 0 Å². The standard InChI is InChI=1S/C16H27/c1-2-3-5-9-15-12-8-13-16(15)14-10-6-4-7-11-14/h2,14-15H,1,3-13H2/t15-/m0/s1. The van der Waals surface area contributed by atoms with Crippen LogP contribution in [0.5, 0.6) is 0 Å². The van der Waals surface area contributed by atoms with Crippen LogP contribution in [0.1, 0.15) is 70.6 Å². The van der Waals surface area contributed by atoms with Gasteiger partial charge in [-0.3, -0.25) is 0 Å². The first-order valence-corrected chi connectivity index (χ1v) is 7.38. The number of unbranched alkanes of at least 4 members (excludes halogenated alkanes) is 1. The predicted octanol–water partition coefficient (Wildman–Crippen LogP) is 5.30. The summed E-state index contributed by atoms with van der Waals surface area (Å²) in [5.41, 5.74) is 0. The Morgan fingerprint density at radius 3 is 2.62 bits per heavy atom. The lowest BCUT2D eigenvalue weighted by Crippen LogP contribution is -2.19. The zero-order valence-corrected chi connectivity index (χ0v) is 10.7. The van der Waals surface area contributed by atoms with Crippen LogP contribution in [0.4, 0.5) is 0 Å². The van der Waals surface area contributed by atoms with Crippen LogP contribution in [-0.4, -0.2) is 0 Å². The lowest BCUT2D eigenvalue weighted by atomic mass is 9.74. The van der Waals surface area contributed by atoms with Crippen molar-refractivity contribution in [2.24, 2.45) is 11.8 Å². The molecule has 2 aliphatic carbocycles. The molecule has 1 atom stereocenters. The third kappa shape index (κ3) is 3.12. The molecule has 0 N–H and O–H groups in total. The highest BCUT2D eigenvalue weighted by molar-refractivity contribution is 5.06. The van der Waals surface area contributed by atoms with Crippen molar-refractivity contribution in [3.8, 4) is 0 Å². The van der Waals surface area contributed by atoms with Gasteiger partial charge in [0, 0.05) is 0 Å². The molecule has 0 spiro atoms. The molecule has 0 aliphatic heterocycles. The lowest BCUT2D eigenvalue weighted by Gasteiger charge is -2.31. The average molecular weight is 219 g/mol. The first-order chi connectivity index (χ1) is 7.92. The Morgan fingerprint density at radius 2 is 1.88 bits per heavy atom. The summed E-state index contributed by atoms with van der Waals surface area (Å²) in [6.07, 6.45) is 18.0. The van der Waals surface area contributed by atoms with Crippen LogP contribution in [0.15, 0.2) is 12.7 Å². The van der Waals surface area contributed by atoms with Gasteiger partial charge in [0.25, 0.3) is 0 Å². The Labute approximate surface area is 102 Å². The summed E-state index contributed by atoms with van der Waals surface area (Å²) in [5, 5.41) is 0. The Balaban J connectivity index is 1.79. The predicted molar refractivity (Wildman–Crippen MR) is 71.2 cm³/mol. The van der Waals surface area contributed by atoms with Crippen molar-refractivity contribution >= 4 is 0 Å². The zero-order chi connectivity index (χ0) is 11.2. The van der Waals surface area contributed by atoms with Gasteiger partial charge in [0.05, 0.1) is 0 Å². The summed E-state index contributed by atoms with van der Waals surface area (Å²) in [7, 11) is 0. The monoisotopic (exact) mass is 219 g/mol. The maximum atomic E-state index is 3.83. The SMILES string of the molecule is C=CCCC[C@H]1CCC[C]1C1CCCCC1. The normalized spacial score (nSPS) is 28.4. The quantitative estimate of drug-likeness (QED) is 0.435. The molecule has 0 heteroatoms. The van der Waals surface area contributed by atoms with E-state index in [4.69, 9.17) is 0 Å². The number of allylic oxidation sites excluding steroid dienone is 1. The van der Waals surface area contributed by atoms with Gasteiger partial charge in [0.2, 0.25) is 0 Å². The number of hydrogen-bond donors (Lipinski definition) is 0. The van der Waals surface area contributed by atoms with Crippen LogP contribution in [-0.2, 0) is 0 Å². The third-order valence-electron chi connectivity index (χ3n) is 4.63. The molecule has 0 aromatic heterocycles. The Hall–Kier alpha value is -0.260. The fourth-order valence-corrected chi connectivity index (χ4v) is 3.79. The summed E-state index contributed by atoms with van der Waals surface area (Å²) in [6, 6.07) is 0. The van der Waals surface area contributed by atoms with Gasteiger partial charge < -0.3 is 0 Å². The maximum absolute atomic E-state index is 3.83. The second-order valence-corrected chi connectivity index (χ2v) is 5.72. The molecule has 0 amide bonds. The van der Waals surface area contributed by atoms with Crippen LogP contribution in [0, 0.1) is 17.8 Å². The minimum atomic E-state index is 0.989. The zero-order valence-electron chi connectivity index (χ0n) is 10.7. The molecule has 0 saturated heterocycles. The van der Waals surface area contributed by atoms with Gasteiger partial charge in [-0.1, -0.05) is 31.8 Å². The van der Waals surface area contributed by atoms with Crippen LogP contribution in [0.2, 0.25) is 0 Å². The topological polar surface area (TPSA) is 0 Å². The summed E-state index contributed by atoms with van der Waals surface area (Å²) < 4.78 is 0. The van der Waals surface area contributed by atoms with E-state index in [1.807, 2.05) is 5.92 Å². The van der Waals surface area contributed by atoms with Crippen LogP contribution >= 0.6 is 0 Å². The minimum Gasteiger partial charge on any atom is -0.103 e. The summed E-state index contributed by atoms with van der Waals surface area (Å²) in [5.74, 6) is 3.98. The van der Waals surface area contributed by atoms with Crippen molar-refractivity contribution in [2.45, 2.75) is 70.6 Å². The molecule has 16 heavy (non-hydrogen) atoms. The average Bonchev–Trinajstić information content (AvgIpc) is 2.79. The van der Waals surface area contributed by atoms with E-state index in [0.717, 1.165) is 11.8 Å². The van der Waals surface area contributed by atoms with Crippen molar-refractivity contribution in [2.75, 3.05) is 0 Å². The molecule has 91 valence electrons. The van der Waals surface area contributed by atoms with Gasteiger partial charge in [-0.25, -0.2) is 0 Å². The van der Waals surface area contributed by atoms with Crippen LogP contribution in [0.25, 0.3) is 0 Å². The first kappa shape index (κ1) is 12.2. The molecule has 2 aliphatic rings. The molecule has 0 heterocycles. The molecular weight excluding hydrogens is 192 g/mol. The molecule has 0 nitrogen and oxygen atoms in total. The lowest BCUT2D eigenvalue weighted by molar-refractivity contribution is 0.322. The second-order valence-electron chi connectivity index (χ2n) is 5.72. The van der Waals surface area contributed by atoms with E-state index in [1.54, 1.807) is 0 Å². The molecule has 0 unspecified atom stereocenters. The van der Waals surface area contributed by atoms with Crippen molar-refractivity contribution in [3.05, 3.63) is 18.6 Å². The maximum Gasteiger partial charge on any atom is -0.0179 e. The smallest absolute Gasteiger partial charge is 0.0179 e. The number of hydrogen-bond acceptors (Lipinski definition) is 0. The largest absolute Gasteiger partial charge is 0.103 e. The van der Waals surface area contributed by atoms with E-state index in [2.05, 4.69) is 12.7 Å². The minimum absolute atomic E-state index is 0.989. The van der Waals surface area contributed by atoms with Crippen molar-refractivity contribution in [3.63, 3.8) is 0 Å². The molecular formula is C16H27. The highest BCUT2D eigenvalue weighted by atomic mass is 14.4. The molecule has 2 fully saturated rings. The van der Waals surface area contributed by atoms with Gasteiger partial charge >= 0.3 is 0 Å². The Bertz CT molecular complexity index is 200. The highest BCUT2D eigenvalue weighted by Crippen LogP contribution is 2.46. The van der Waals surface area contributed by atoms with E-state index in [0.29, 0.717) is 0 Å². The van der Waals surface area contributed by atoms with Gasteiger partial charge in [-0.15, -0.1) is 6.58 Å². The highest BCUT2D eigenvalue weighted by Gasteiger charge is 2.33. The summed E-state index contributed by atoms with van der Waals surface area (Å²) in [6.45, 7) is 3.83. The van der Waals surface area contributed by atoms with Gasteiger partial charge in [-0.2, -0.15) is 0 Å². The molecule has 1 radical (unpaired) electrons. The molecule has 0 bridgehead atoms. The summed E-state index contributed by atoms with van der Waals surface area (Å²) in [4.78, 5) is 0. The van der Waals surface area contributed by atoms with E-state index in [-0.39, 0.29) is 0 Å². The Kier molecular flexibility index (Phi) is 4.93. The van der Waals surface area contributed by atoms with E-state index in [1.165, 1.54) is 70.6 Å². The fraction of sp³-hybridized carbons (Fsp3) is 0.812. The van der Waals surface area contributed by atoms with Crippen molar-refractivity contribution in [1.29, 1.82) is 0 Å². The molecule has 2 rings (SSSR count). The third-order valence-corrected chi connectivity index (χ3v) is 4.63. The van der Waals surface area contributed by atoms with Gasteiger partial charge in [0.1, 0.15) is 0 Å². The summed E-state index contributed by atoms with van der Waals surface area (Å²) >= 11 is 0. The molecule has 2 saturated carbocycles. The fourth-order valence-electron chi connectivity index (χ4n) is 3.79. The number of rotatable bonds is 5. The van der Waals surface area contributed by atoms with E-state index < -0.39 is 0 Å². The van der Waals surface area contributed by atoms with E-state index in [9.17, 15) is 0 Å². The van der Waals surface area contributed by atoms with E-state index >= 15 is 0 Å². The molecule has 0 aromatic carbocycles. The van der Waals surface area contributed by atoms with Crippen molar-refractivity contribution < 1.29 is 0 Å². The van der Waals surface area contributed by atoms with Crippen LogP contribution in [0.3, 0.4) is 0 Å². The van der Waals surface area contributed by atoms with Gasteiger partial charge in [0.15, 0.2) is 0 Å². The first-order valence-electron chi connectivity index (χ1n) is 7.38. The molecule has 0 aromatic rings. The second kappa shape index (κ2) is 6.47. The van der Waals surface area contributed by atoms with Gasteiger partial charge in [-0.05, 0) is 62.7 Å².